The lowest BCUT2D eigenvalue weighted by Gasteiger charge is -2.13. The van der Waals surface area contributed by atoms with Crippen molar-refractivity contribution in [1.82, 2.24) is 4.98 Å². The van der Waals surface area contributed by atoms with Crippen molar-refractivity contribution in [3.8, 4) is 0 Å². The van der Waals surface area contributed by atoms with Crippen molar-refractivity contribution < 1.29 is 14.3 Å². The molecular weight excluding hydrogens is 184 g/mol. The van der Waals surface area contributed by atoms with Crippen LogP contribution >= 0.6 is 0 Å². The Balaban J connectivity index is 2.73. The highest BCUT2D eigenvalue weighted by Crippen LogP contribution is 2.06. The Morgan fingerprint density at radius 3 is 2.93 bits per heavy atom. The van der Waals surface area contributed by atoms with Gasteiger partial charge in [0.05, 0.1) is 7.11 Å². The molecule has 0 fully saturated rings. The van der Waals surface area contributed by atoms with Crippen LogP contribution < -0.4 is 4.90 Å². The van der Waals surface area contributed by atoms with Gasteiger partial charge in [0.2, 0.25) is 6.41 Å². The average molecular weight is 194 g/mol. The second-order valence-corrected chi connectivity index (χ2v) is 2.50. The van der Waals surface area contributed by atoms with Crippen LogP contribution in [0.15, 0.2) is 24.4 Å². The summed E-state index contributed by atoms with van der Waals surface area (Å²) in [4.78, 5) is 26.6. The molecule has 0 aliphatic heterocycles. The van der Waals surface area contributed by atoms with Crippen LogP contribution in [0.2, 0.25) is 0 Å². The van der Waals surface area contributed by atoms with E-state index in [1.165, 1.54) is 12.0 Å². The lowest BCUT2D eigenvalue weighted by Crippen LogP contribution is -2.29. The summed E-state index contributed by atoms with van der Waals surface area (Å²) < 4.78 is 4.44. The molecule has 0 aromatic carbocycles. The molecule has 0 radical (unpaired) electrons. The number of amides is 1. The van der Waals surface area contributed by atoms with Gasteiger partial charge in [-0.2, -0.15) is 0 Å². The van der Waals surface area contributed by atoms with Gasteiger partial charge in [0, 0.05) is 6.20 Å². The Morgan fingerprint density at radius 2 is 2.43 bits per heavy atom. The monoisotopic (exact) mass is 194 g/mol. The van der Waals surface area contributed by atoms with Crippen molar-refractivity contribution in [3.05, 3.63) is 24.4 Å². The summed E-state index contributed by atoms with van der Waals surface area (Å²) >= 11 is 0. The number of nitrogens with zero attached hydrogens (tertiary/aromatic N) is 2. The van der Waals surface area contributed by atoms with Crippen molar-refractivity contribution in [1.29, 1.82) is 0 Å². The van der Waals surface area contributed by atoms with Gasteiger partial charge in [0.25, 0.3) is 0 Å². The minimum atomic E-state index is -0.484. The molecule has 0 saturated heterocycles. The van der Waals surface area contributed by atoms with Crippen molar-refractivity contribution in [2.24, 2.45) is 0 Å². The number of hydrogen-bond donors (Lipinski definition) is 0. The molecule has 0 aliphatic rings. The number of hydrogen-bond acceptors (Lipinski definition) is 4. The molecule has 0 aliphatic carbocycles. The van der Waals surface area contributed by atoms with E-state index in [-0.39, 0.29) is 6.54 Å². The van der Waals surface area contributed by atoms with Crippen LogP contribution in [-0.4, -0.2) is 31.0 Å². The Bertz CT molecular complexity index is 313. The van der Waals surface area contributed by atoms with E-state index in [0.717, 1.165) is 0 Å². The van der Waals surface area contributed by atoms with Crippen molar-refractivity contribution >= 4 is 18.2 Å². The highest BCUT2D eigenvalue weighted by molar-refractivity contribution is 5.84. The fraction of sp³-hybridized carbons (Fsp3) is 0.222. The van der Waals surface area contributed by atoms with Crippen LogP contribution in [0.4, 0.5) is 5.82 Å². The zero-order valence-corrected chi connectivity index (χ0v) is 7.71. The van der Waals surface area contributed by atoms with E-state index in [1.807, 2.05) is 0 Å². The number of anilines is 1. The number of carbonyl (C=O) groups excluding carboxylic acids is 2. The Labute approximate surface area is 81.3 Å². The predicted octanol–water partition coefficient (Wildman–Crippen LogP) is 0.217. The predicted molar refractivity (Wildman–Crippen MR) is 49.7 cm³/mol. The fourth-order valence-corrected chi connectivity index (χ4v) is 0.900. The van der Waals surface area contributed by atoms with Gasteiger partial charge in [-0.25, -0.2) is 4.98 Å². The number of rotatable bonds is 4. The van der Waals surface area contributed by atoms with E-state index in [2.05, 4.69) is 9.72 Å². The third-order valence-electron chi connectivity index (χ3n) is 1.60. The highest BCUT2D eigenvalue weighted by Gasteiger charge is 2.10. The zero-order valence-electron chi connectivity index (χ0n) is 7.71. The quantitative estimate of drug-likeness (QED) is 0.508. The lowest BCUT2D eigenvalue weighted by molar-refractivity contribution is -0.139. The van der Waals surface area contributed by atoms with Gasteiger partial charge in [-0.3, -0.25) is 14.5 Å². The van der Waals surface area contributed by atoms with E-state index in [9.17, 15) is 9.59 Å². The van der Waals surface area contributed by atoms with Gasteiger partial charge in [0.1, 0.15) is 12.4 Å². The van der Waals surface area contributed by atoms with Crippen molar-refractivity contribution in [2.75, 3.05) is 18.6 Å². The Kier molecular flexibility index (Phi) is 3.60. The maximum Gasteiger partial charge on any atom is 0.325 e. The first kappa shape index (κ1) is 10.2. The van der Waals surface area contributed by atoms with Crippen molar-refractivity contribution in [3.63, 3.8) is 0 Å². The molecule has 14 heavy (non-hydrogen) atoms. The minimum Gasteiger partial charge on any atom is -0.468 e. The SMILES string of the molecule is COC(=O)CN(C=O)c1ccccn1. The molecule has 1 rings (SSSR count). The summed E-state index contributed by atoms with van der Waals surface area (Å²) in [6.45, 7) is -0.128. The van der Waals surface area contributed by atoms with Crippen LogP contribution in [-0.2, 0) is 14.3 Å². The van der Waals surface area contributed by atoms with Crippen LogP contribution in [0, 0.1) is 0 Å². The summed E-state index contributed by atoms with van der Waals surface area (Å²) in [6.07, 6.45) is 2.09. The number of methoxy groups -OCH3 is 1. The highest BCUT2D eigenvalue weighted by atomic mass is 16.5. The van der Waals surface area contributed by atoms with E-state index >= 15 is 0 Å². The molecule has 1 aromatic heterocycles. The molecule has 1 amide bonds. The standard InChI is InChI=1S/C9H10N2O3/c1-14-9(13)6-11(7-12)8-4-2-3-5-10-8/h2-5,7H,6H2,1H3. The van der Waals surface area contributed by atoms with E-state index in [4.69, 9.17) is 0 Å². The van der Waals surface area contributed by atoms with Crippen molar-refractivity contribution in [2.45, 2.75) is 0 Å². The average Bonchev–Trinajstić information content (AvgIpc) is 2.26. The summed E-state index contributed by atoms with van der Waals surface area (Å²) in [7, 11) is 1.27. The first-order valence-electron chi connectivity index (χ1n) is 3.97. The Hall–Kier alpha value is -1.91. The summed E-state index contributed by atoms with van der Waals surface area (Å²) in [5.74, 6) is -0.0596. The molecule has 1 aromatic rings. The van der Waals surface area contributed by atoms with Crippen LogP contribution in [0.5, 0.6) is 0 Å². The van der Waals surface area contributed by atoms with Crippen LogP contribution in [0.1, 0.15) is 0 Å². The van der Waals surface area contributed by atoms with Gasteiger partial charge in [-0.15, -0.1) is 0 Å². The van der Waals surface area contributed by atoms with Gasteiger partial charge < -0.3 is 4.74 Å². The number of pyridine rings is 1. The molecule has 5 nitrogen and oxygen atoms in total. The maximum atomic E-state index is 10.9. The van der Waals surface area contributed by atoms with E-state index in [1.54, 1.807) is 24.4 Å². The first-order valence-corrected chi connectivity index (χ1v) is 3.97. The van der Waals surface area contributed by atoms with Crippen LogP contribution in [0.3, 0.4) is 0 Å². The Morgan fingerprint density at radius 1 is 1.64 bits per heavy atom. The molecule has 0 spiro atoms. The third kappa shape index (κ3) is 2.55. The molecule has 0 bridgehead atoms. The first-order chi connectivity index (χ1) is 6.77. The molecular formula is C9H10N2O3. The minimum absolute atomic E-state index is 0.128. The molecule has 0 saturated carbocycles. The smallest absolute Gasteiger partial charge is 0.325 e. The molecule has 0 unspecified atom stereocenters. The van der Waals surface area contributed by atoms with Gasteiger partial charge in [0.15, 0.2) is 0 Å². The van der Waals surface area contributed by atoms with E-state index in [0.29, 0.717) is 12.2 Å². The summed E-state index contributed by atoms with van der Waals surface area (Å²) in [5.41, 5.74) is 0. The largest absolute Gasteiger partial charge is 0.468 e. The molecule has 0 atom stereocenters. The maximum absolute atomic E-state index is 10.9. The van der Waals surface area contributed by atoms with Gasteiger partial charge in [-0.1, -0.05) is 6.07 Å². The molecule has 5 heteroatoms. The zero-order chi connectivity index (χ0) is 10.4. The summed E-state index contributed by atoms with van der Waals surface area (Å²) in [6, 6.07) is 5.10. The molecule has 1 heterocycles. The summed E-state index contributed by atoms with van der Waals surface area (Å²) in [5, 5.41) is 0. The third-order valence-corrected chi connectivity index (χ3v) is 1.60. The molecule has 74 valence electrons. The topological polar surface area (TPSA) is 59.5 Å². The number of aromatic nitrogens is 1. The number of esters is 1. The second-order valence-electron chi connectivity index (χ2n) is 2.50. The molecule has 0 N–H and O–H groups in total. The van der Waals surface area contributed by atoms with E-state index < -0.39 is 5.97 Å². The van der Waals surface area contributed by atoms with Gasteiger partial charge >= 0.3 is 5.97 Å². The normalized spacial score (nSPS) is 9.21. The number of carbonyl (C=O) groups is 2. The second kappa shape index (κ2) is 4.96. The number of ether oxygens (including phenoxy) is 1. The van der Waals surface area contributed by atoms with Gasteiger partial charge in [-0.05, 0) is 12.1 Å². The fourth-order valence-electron chi connectivity index (χ4n) is 0.900. The van der Waals surface area contributed by atoms with Crippen LogP contribution in [0.25, 0.3) is 0 Å². The lowest BCUT2D eigenvalue weighted by atomic mass is 10.4.